The lowest BCUT2D eigenvalue weighted by Gasteiger charge is -2.29. The van der Waals surface area contributed by atoms with E-state index in [2.05, 4.69) is 22.0 Å². The topological polar surface area (TPSA) is 50.8 Å². The highest BCUT2D eigenvalue weighted by atomic mass is 16.6. The molecule has 21 heavy (non-hydrogen) atoms. The molecule has 5 heteroatoms. The van der Waals surface area contributed by atoms with Crippen LogP contribution in [-0.4, -0.2) is 51.3 Å². The summed E-state index contributed by atoms with van der Waals surface area (Å²) in [5.74, 6) is 1.04. The summed E-state index contributed by atoms with van der Waals surface area (Å²) >= 11 is 0. The molecule has 1 aromatic carbocycles. The molecule has 1 aromatic rings. The third-order valence-corrected chi connectivity index (χ3v) is 3.87. The fourth-order valence-corrected chi connectivity index (χ4v) is 2.40. The van der Waals surface area contributed by atoms with Crippen molar-refractivity contribution in [2.45, 2.75) is 12.8 Å². The van der Waals surface area contributed by atoms with Crippen LogP contribution in [-0.2, 0) is 9.53 Å². The van der Waals surface area contributed by atoms with Gasteiger partial charge in [-0.25, -0.2) is 4.79 Å². The molecule has 116 valence electrons. The summed E-state index contributed by atoms with van der Waals surface area (Å²) in [5, 5.41) is 3.47. The predicted octanol–water partition coefficient (Wildman–Crippen LogP) is 1.99. The van der Waals surface area contributed by atoms with Gasteiger partial charge in [0.2, 0.25) is 0 Å². The molecule has 0 aromatic heterocycles. The molecule has 0 atom stereocenters. The zero-order valence-electron chi connectivity index (χ0n) is 12.8. The molecule has 0 radical (unpaired) electrons. The van der Waals surface area contributed by atoms with Crippen LogP contribution in [0.5, 0.6) is 5.75 Å². The van der Waals surface area contributed by atoms with Gasteiger partial charge in [-0.15, -0.1) is 0 Å². The van der Waals surface area contributed by atoms with E-state index >= 15 is 0 Å². The number of carbonyl (C=O) groups excluding carboxylic acids is 1. The number of ether oxygens (including phenoxy) is 2. The smallest absolute Gasteiger partial charge is 0.343 e. The minimum Gasteiger partial charge on any atom is -0.482 e. The van der Waals surface area contributed by atoms with Crippen molar-refractivity contribution in [3.63, 3.8) is 0 Å². The number of hydrogen-bond acceptors (Lipinski definition) is 5. The summed E-state index contributed by atoms with van der Waals surface area (Å²) in [6.07, 6.45) is 2.51. The zero-order valence-corrected chi connectivity index (χ0v) is 12.8. The highest BCUT2D eigenvalue weighted by molar-refractivity contribution is 5.70. The maximum absolute atomic E-state index is 11.0. The van der Waals surface area contributed by atoms with E-state index in [9.17, 15) is 4.79 Å². The minimum absolute atomic E-state index is 0.0567. The van der Waals surface area contributed by atoms with E-state index in [0.29, 0.717) is 5.75 Å². The highest BCUT2D eigenvalue weighted by Crippen LogP contribution is 2.19. The molecule has 1 N–H and O–H groups in total. The number of benzene rings is 1. The monoisotopic (exact) mass is 292 g/mol. The zero-order chi connectivity index (χ0) is 15.1. The van der Waals surface area contributed by atoms with E-state index in [4.69, 9.17) is 4.74 Å². The lowest BCUT2D eigenvalue weighted by molar-refractivity contribution is -0.142. The third-order valence-electron chi connectivity index (χ3n) is 3.87. The largest absolute Gasteiger partial charge is 0.482 e. The van der Waals surface area contributed by atoms with Gasteiger partial charge < -0.3 is 19.7 Å². The Hall–Kier alpha value is -1.75. The second kappa shape index (κ2) is 7.88. The molecule has 5 nitrogen and oxygen atoms in total. The number of methoxy groups -OCH3 is 1. The molecule has 0 saturated carbocycles. The fourth-order valence-electron chi connectivity index (χ4n) is 2.40. The maximum Gasteiger partial charge on any atom is 0.343 e. The van der Waals surface area contributed by atoms with Crippen LogP contribution in [0.25, 0.3) is 0 Å². The molecule has 1 heterocycles. The molecule has 1 saturated heterocycles. The van der Waals surface area contributed by atoms with Gasteiger partial charge in [-0.1, -0.05) is 0 Å². The van der Waals surface area contributed by atoms with Gasteiger partial charge in [0.15, 0.2) is 6.61 Å². The number of anilines is 1. The van der Waals surface area contributed by atoms with Crippen molar-refractivity contribution < 1.29 is 14.3 Å². The number of likely N-dealkylation sites (tertiary alicyclic amines) is 1. The molecule has 0 spiro atoms. The van der Waals surface area contributed by atoms with Gasteiger partial charge in [0.1, 0.15) is 5.75 Å². The normalized spacial score (nSPS) is 16.5. The number of nitrogens with zero attached hydrogens (tertiary/aromatic N) is 1. The van der Waals surface area contributed by atoms with E-state index in [1.165, 1.54) is 33.0 Å². The predicted molar refractivity (Wildman–Crippen MR) is 82.7 cm³/mol. The summed E-state index contributed by atoms with van der Waals surface area (Å²) in [6, 6.07) is 7.67. The van der Waals surface area contributed by atoms with E-state index in [1.807, 2.05) is 24.3 Å². The van der Waals surface area contributed by atoms with Crippen LogP contribution < -0.4 is 10.1 Å². The highest BCUT2D eigenvalue weighted by Gasteiger charge is 2.16. The van der Waals surface area contributed by atoms with Crippen molar-refractivity contribution in [3.8, 4) is 5.75 Å². The van der Waals surface area contributed by atoms with Crippen LogP contribution >= 0.6 is 0 Å². The van der Waals surface area contributed by atoms with Crippen LogP contribution in [0.2, 0.25) is 0 Å². The van der Waals surface area contributed by atoms with E-state index in [1.54, 1.807) is 0 Å². The SMILES string of the molecule is COC(=O)COc1ccc(NCC2CCN(C)CC2)cc1. The average Bonchev–Trinajstić information content (AvgIpc) is 2.53. The van der Waals surface area contributed by atoms with Gasteiger partial charge in [0.25, 0.3) is 0 Å². The molecule has 1 aliphatic rings. The van der Waals surface area contributed by atoms with Crippen molar-refractivity contribution in [2.24, 2.45) is 5.92 Å². The quantitative estimate of drug-likeness (QED) is 0.813. The second-order valence-electron chi connectivity index (χ2n) is 5.52. The van der Waals surface area contributed by atoms with Gasteiger partial charge in [-0.2, -0.15) is 0 Å². The number of carbonyl (C=O) groups is 1. The number of esters is 1. The Morgan fingerprint density at radius 2 is 1.95 bits per heavy atom. The molecule has 0 amide bonds. The maximum atomic E-state index is 11.0. The third kappa shape index (κ3) is 5.27. The average molecular weight is 292 g/mol. The first-order chi connectivity index (χ1) is 10.2. The molecular formula is C16H24N2O3. The van der Waals surface area contributed by atoms with Crippen molar-refractivity contribution in [2.75, 3.05) is 45.7 Å². The van der Waals surface area contributed by atoms with Crippen LogP contribution in [0.15, 0.2) is 24.3 Å². The first-order valence-electron chi connectivity index (χ1n) is 7.39. The van der Waals surface area contributed by atoms with Crippen molar-refractivity contribution in [1.29, 1.82) is 0 Å². The summed E-state index contributed by atoms with van der Waals surface area (Å²) in [4.78, 5) is 13.4. The lowest BCUT2D eigenvalue weighted by Crippen LogP contribution is -2.32. The van der Waals surface area contributed by atoms with Crippen molar-refractivity contribution >= 4 is 11.7 Å². The number of rotatable bonds is 6. The molecular weight excluding hydrogens is 268 g/mol. The van der Waals surface area contributed by atoms with Crippen molar-refractivity contribution in [1.82, 2.24) is 4.90 Å². The summed E-state index contributed by atoms with van der Waals surface area (Å²) in [5.41, 5.74) is 1.08. The standard InChI is InChI=1S/C16H24N2O3/c1-18-9-7-13(8-10-18)11-17-14-3-5-15(6-4-14)21-12-16(19)20-2/h3-6,13,17H,7-12H2,1-2H3. The van der Waals surface area contributed by atoms with Crippen LogP contribution in [0.3, 0.4) is 0 Å². The Balaban J connectivity index is 1.73. The molecule has 0 aliphatic carbocycles. The van der Waals surface area contributed by atoms with Crippen molar-refractivity contribution in [3.05, 3.63) is 24.3 Å². The molecule has 2 rings (SSSR count). The summed E-state index contributed by atoms with van der Waals surface area (Å²) in [7, 11) is 3.53. The molecule has 1 fully saturated rings. The fraction of sp³-hybridized carbons (Fsp3) is 0.562. The lowest BCUT2D eigenvalue weighted by atomic mass is 9.97. The Morgan fingerprint density at radius 1 is 1.29 bits per heavy atom. The van der Waals surface area contributed by atoms with Gasteiger partial charge in [0.05, 0.1) is 7.11 Å². The molecule has 0 bridgehead atoms. The first kappa shape index (κ1) is 15.6. The Morgan fingerprint density at radius 3 is 2.57 bits per heavy atom. The number of piperidine rings is 1. The number of hydrogen-bond donors (Lipinski definition) is 1. The Kier molecular flexibility index (Phi) is 5.87. The van der Waals surface area contributed by atoms with E-state index in [0.717, 1.165) is 18.2 Å². The van der Waals surface area contributed by atoms with Gasteiger partial charge in [-0.3, -0.25) is 0 Å². The van der Waals surface area contributed by atoms with Gasteiger partial charge >= 0.3 is 5.97 Å². The summed E-state index contributed by atoms with van der Waals surface area (Å²) in [6.45, 7) is 3.33. The van der Waals surface area contributed by atoms with Gasteiger partial charge in [-0.05, 0) is 63.2 Å². The van der Waals surface area contributed by atoms with E-state index < -0.39 is 0 Å². The first-order valence-corrected chi connectivity index (χ1v) is 7.39. The van der Waals surface area contributed by atoms with Crippen LogP contribution in [0.1, 0.15) is 12.8 Å². The number of nitrogens with one attached hydrogen (secondary N) is 1. The van der Waals surface area contributed by atoms with Crippen LogP contribution in [0, 0.1) is 5.92 Å². The van der Waals surface area contributed by atoms with E-state index in [-0.39, 0.29) is 12.6 Å². The van der Waals surface area contributed by atoms with Crippen LogP contribution in [0.4, 0.5) is 5.69 Å². The molecule has 1 aliphatic heterocycles. The Labute approximate surface area is 126 Å². The summed E-state index contributed by atoms with van der Waals surface area (Å²) < 4.78 is 9.84. The Bertz CT molecular complexity index is 439. The van der Waals surface area contributed by atoms with Gasteiger partial charge in [0, 0.05) is 12.2 Å². The minimum atomic E-state index is -0.375. The molecule has 0 unspecified atom stereocenters. The second-order valence-corrected chi connectivity index (χ2v) is 5.52.